The van der Waals surface area contributed by atoms with Gasteiger partial charge in [0.1, 0.15) is 11.6 Å². The lowest BCUT2D eigenvalue weighted by Gasteiger charge is -2.22. The number of hydrogen-bond acceptors (Lipinski definition) is 6. The molecule has 0 radical (unpaired) electrons. The molecule has 0 bridgehead atoms. The van der Waals surface area contributed by atoms with Gasteiger partial charge in [0, 0.05) is 18.3 Å². The molecule has 1 atom stereocenters. The number of hydrogen-bond donors (Lipinski definition) is 2. The molecule has 1 aliphatic rings. The van der Waals surface area contributed by atoms with Crippen LogP contribution in [0.2, 0.25) is 0 Å². The zero-order chi connectivity index (χ0) is 23.5. The van der Waals surface area contributed by atoms with Crippen molar-refractivity contribution in [2.24, 2.45) is 5.73 Å². The SMILES string of the molecule is C=C1COC(c2nc(-c3ccc(F)cc3)c(-c3ccnc(C(CN)c4ccccc4)n3)[nH]2)OC1. The lowest BCUT2D eigenvalue weighted by molar-refractivity contribution is -0.165. The first-order valence-corrected chi connectivity index (χ1v) is 11.0. The Balaban J connectivity index is 1.57. The molecule has 1 saturated heterocycles. The standard InChI is InChI=1S/C26H24FN5O2/c1-16-14-33-26(34-15-16)25-31-22(18-7-9-19(27)10-8-18)23(32-25)21-11-12-29-24(30-21)20(13-28)17-5-3-2-4-6-17/h2-12,20,26H,1,13-15,28H2,(H,31,32). The fraction of sp³-hybridized carbons (Fsp3) is 0.192. The molecule has 172 valence electrons. The highest BCUT2D eigenvalue weighted by molar-refractivity contribution is 5.76. The van der Waals surface area contributed by atoms with Gasteiger partial charge in [-0.3, -0.25) is 0 Å². The Labute approximate surface area is 196 Å². The van der Waals surface area contributed by atoms with Gasteiger partial charge in [0.25, 0.3) is 0 Å². The van der Waals surface area contributed by atoms with Crippen molar-refractivity contribution < 1.29 is 13.9 Å². The molecule has 0 aliphatic carbocycles. The fourth-order valence-corrected chi connectivity index (χ4v) is 3.90. The number of aromatic amines is 1. The minimum atomic E-state index is -0.666. The number of aromatic nitrogens is 4. The van der Waals surface area contributed by atoms with Crippen LogP contribution in [0.15, 0.2) is 79.0 Å². The maximum absolute atomic E-state index is 13.6. The monoisotopic (exact) mass is 457 g/mol. The van der Waals surface area contributed by atoms with Crippen LogP contribution in [0.3, 0.4) is 0 Å². The molecule has 34 heavy (non-hydrogen) atoms. The smallest absolute Gasteiger partial charge is 0.217 e. The molecule has 0 amide bonds. The van der Waals surface area contributed by atoms with Crippen molar-refractivity contribution >= 4 is 0 Å². The topological polar surface area (TPSA) is 98.9 Å². The van der Waals surface area contributed by atoms with E-state index in [1.165, 1.54) is 12.1 Å². The number of imidazole rings is 1. The zero-order valence-corrected chi connectivity index (χ0v) is 18.4. The van der Waals surface area contributed by atoms with E-state index in [0.29, 0.717) is 48.5 Å². The van der Waals surface area contributed by atoms with Crippen molar-refractivity contribution in [1.29, 1.82) is 0 Å². The quantitative estimate of drug-likeness (QED) is 0.417. The highest BCUT2D eigenvalue weighted by Gasteiger charge is 2.26. The summed E-state index contributed by atoms with van der Waals surface area (Å²) < 4.78 is 25.1. The summed E-state index contributed by atoms with van der Waals surface area (Å²) in [6, 6.07) is 17.9. The molecule has 1 fully saturated rings. The Bertz CT molecular complexity index is 1280. The summed E-state index contributed by atoms with van der Waals surface area (Å²) >= 11 is 0. The number of benzene rings is 2. The van der Waals surface area contributed by atoms with Crippen molar-refractivity contribution in [3.8, 4) is 22.6 Å². The summed E-state index contributed by atoms with van der Waals surface area (Å²) in [6.45, 7) is 5.02. The third-order valence-electron chi connectivity index (χ3n) is 5.62. The summed E-state index contributed by atoms with van der Waals surface area (Å²) in [7, 11) is 0. The largest absolute Gasteiger partial charge is 0.341 e. The summed E-state index contributed by atoms with van der Waals surface area (Å²) in [5.74, 6) is 0.625. The summed E-state index contributed by atoms with van der Waals surface area (Å²) in [6.07, 6.45) is 1.04. The molecule has 4 aromatic rings. The van der Waals surface area contributed by atoms with Crippen LogP contribution in [0.25, 0.3) is 22.6 Å². The van der Waals surface area contributed by atoms with E-state index < -0.39 is 6.29 Å². The molecule has 2 aromatic heterocycles. The number of H-pyrrole nitrogens is 1. The Morgan fingerprint density at radius 2 is 1.76 bits per heavy atom. The van der Waals surface area contributed by atoms with Crippen LogP contribution in [0.4, 0.5) is 4.39 Å². The zero-order valence-electron chi connectivity index (χ0n) is 18.4. The molecule has 7 nitrogen and oxygen atoms in total. The van der Waals surface area contributed by atoms with E-state index in [0.717, 1.165) is 16.7 Å². The van der Waals surface area contributed by atoms with Crippen LogP contribution < -0.4 is 5.73 Å². The van der Waals surface area contributed by atoms with E-state index in [9.17, 15) is 4.39 Å². The minimum Gasteiger partial charge on any atom is -0.341 e. The van der Waals surface area contributed by atoms with Crippen molar-refractivity contribution in [3.63, 3.8) is 0 Å². The first-order chi connectivity index (χ1) is 16.6. The van der Waals surface area contributed by atoms with Crippen LogP contribution in [0.5, 0.6) is 0 Å². The van der Waals surface area contributed by atoms with Crippen molar-refractivity contribution in [1.82, 2.24) is 19.9 Å². The van der Waals surface area contributed by atoms with E-state index in [-0.39, 0.29) is 11.7 Å². The van der Waals surface area contributed by atoms with Gasteiger partial charge in [0.2, 0.25) is 6.29 Å². The Morgan fingerprint density at radius 3 is 2.47 bits per heavy atom. The normalized spacial score (nSPS) is 15.4. The molecule has 0 spiro atoms. The van der Waals surface area contributed by atoms with E-state index >= 15 is 0 Å². The fourth-order valence-electron chi connectivity index (χ4n) is 3.90. The van der Waals surface area contributed by atoms with E-state index in [1.807, 2.05) is 30.3 Å². The van der Waals surface area contributed by atoms with E-state index in [4.69, 9.17) is 25.2 Å². The molecule has 3 N–H and O–H groups in total. The van der Waals surface area contributed by atoms with Gasteiger partial charge in [-0.2, -0.15) is 0 Å². The molecule has 3 heterocycles. The second-order valence-electron chi connectivity index (χ2n) is 8.06. The number of halogens is 1. The van der Waals surface area contributed by atoms with Crippen LogP contribution in [-0.4, -0.2) is 39.7 Å². The Kier molecular flexibility index (Phi) is 6.27. The predicted molar refractivity (Wildman–Crippen MR) is 126 cm³/mol. The van der Waals surface area contributed by atoms with Gasteiger partial charge in [-0.15, -0.1) is 0 Å². The second-order valence-corrected chi connectivity index (χ2v) is 8.06. The van der Waals surface area contributed by atoms with Crippen LogP contribution in [0, 0.1) is 5.82 Å². The molecular formula is C26H24FN5O2. The summed E-state index contributed by atoms with van der Waals surface area (Å²) in [4.78, 5) is 17.4. The van der Waals surface area contributed by atoms with E-state index in [1.54, 1.807) is 24.4 Å². The van der Waals surface area contributed by atoms with Gasteiger partial charge in [0.15, 0.2) is 5.82 Å². The number of nitrogens with two attached hydrogens (primary N) is 1. The molecule has 1 unspecified atom stereocenters. The lowest BCUT2D eigenvalue weighted by Crippen LogP contribution is -2.20. The average molecular weight is 458 g/mol. The average Bonchev–Trinajstić information content (AvgIpc) is 3.32. The molecular weight excluding hydrogens is 433 g/mol. The minimum absolute atomic E-state index is 0.158. The molecule has 0 saturated carbocycles. The summed E-state index contributed by atoms with van der Waals surface area (Å²) in [5.41, 5.74) is 10.6. The van der Waals surface area contributed by atoms with Gasteiger partial charge < -0.3 is 20.2 Å². The summed E-state index contributed by atoms with van der Waals surface area (Å²) in [5, 5.41) is 0. The van der Waals surface area contributed by atoms with Gasteiger partial charge in [-0.25, -0.2) is 19.3 Å². The Morgan fingerprint density at radius 1 is 1.03 bits per heavy atom. The van der Waals surface area contributed by atoms with Gasteiger partial charge in [-0.1, -0.05) is 36.9 Å². The predicted octanol–water partition coefficient (Wildman–Crippen LogP) is 4.37. The van der Waals surface area contributed by atoms with Crippen molar-refractivity contribution in [2.45, 2.75) is 12.2 Å². The molecule has 8 heteroatoms. The highest BCUT2D eigenvalue weighted by Crippen LogP contribution is 2.33. The van der Waals surface area contributed by atoms with Gasteiger partial charge in [0.05, 0.1) is 36.2 Å². The lowest BCUT2D eigenvalue weighted by atomic mass is 9.98. The first-order valence-electron chi connectivity index (χ1n) is 11.0. The number of ether oxygens (including phenoxy) is 2. The number of rotatable bonds is 6. The highest BCUT2D eigenvalue weighted by atomic mass is 19.1. The van der Waals surface area contributed by atoms with Crippen molar-refractivity contribution in [3.05, 3.63) is 102 Å². The molecule has 1 aliphatic heterocycles. The first kappa shape index (κ1) is 22.1. The maximum atomic E-state index is 13.6. The third-order valence-corrected chi connectivity index (χ3v) is 5.62. The molecule has 2 aromatic carbocycles. The van der Waals surface area contributed by atoms with Crippen LogP contribution in [0.1, 0.15) is 29.4 Å². The Hall–Kier alpha value is -3.72. The number of nitrogens with one attached hydrogen (secondary N) is 1. The van der Waals surface area contributed by atoms with Crippen LogP contribution >= 0.6 is 0 Å². The third kappa shape index (κ3) is 4.51. The maximum Gasteiger partial charge on any atom is 0.217 e. The van der Waals surface area contributed by atoms with Crippen molar-refractivity contribution in [2.75, 3.05) is 19.8 Å². The second kappa shape index (κ2) is 9.64. The van der Waals surface area contributed by atoms with Gasteiger partial charge in [-0.05, 0) is 41.5 Å². The van der Waals surface area contributed by atoms with E-state index in [2.05, 4.69) is 16.5 Å². The van der Waals surface area contributed by atoms with Gasteiger partial charge >= 0.3 is 0 Å². The molecule has 5 rings (SSSR count). The van der Waals surface area contributed by atoms with Crippen LogP contribution in [-0.2, 0) is 9.47 Å². The number of nitrogens with zero attached hydrogens (tertiary/aromatic N) is 3.